The molecular formula is C18H20ClFN2O4. The van der Waals surface area contributed by atoms with Crippen molar-refractivity contribution in [2.45, 2.75) is 31.3 Å². The number of benzene rings is 1. The Balaban J connectivity index is 2.25. The molecule has 2 N–H and O–H groups in total. The van der Waals surface area contributed by atoms with Gasteiger partial charge in [0.25, 0.3) is 0 Å². The van der Waals surface area contributed by atoms with Gasteiger partial charge in [0.05, 0.1) is 17.0 Å². The first-order valence-corrected chi connectivity index (χ1v) is 8.48. The van der Waals surface area contributed by atoms with Crippen LogP contribution in [0, 0.1) is 11.7 Å². The van der Waals surface area contributed by atoms with Gasteiger partial charge in [-0.3, -0.25) is 9.59 Å². The Labute approximate surface area is 155 Å². The minimum atomic E-state index is -1.16. The molecule has 1 aromatic carbocycles. The Morgan fingerprint density at radius 1 is 1.54 bits per heavy atom. The number of hydrogen-bond acceptors (Lipinski definition) is 3. The summed E-state index contributed by atoms with van der Waals surface area (Å²) < 4.78 is 13.8. The van der Waals surface area contributed by atoms with Crippen molar-refractivity contribution in [2.75, 3.05) is 7.05 Å². The summed E-state index contributed by atoms with van der Waals surface area (Å²) in [4.78, 5) is 37.5. The van der Waals surface area contributed by atoms with Crippen molar-refractivity contribution in [1.29, 1.82) is 0 Å². The monoisotopic (exact) mass is 382 g/mol. The fourth-order valence-corrected chi connectivity index (χ4v) is 3.20. The predicted molar refractivity (Wildman–Crippen MR) is 94.0 cm³/mol. The van der Waals surface area contributed by atoms with Crippen molar-refractivity contribution >= 4 is 29.4 Å². The van der Waals surface area contributed by atoms with Crippen LogP contribution in [-0.4, -0.2) is 40.9 Å². The van der Waals surface area contributed by atoms with Crippen LogP contribution in [0.5, 0.6) is 0 Å². The quantitative estimate of drug-likeness (QED) is 0.709. The zero-order chi connectivity index (χ0) is 19.4. The summed E-state index contributed by atoms with van der Waals surface area (Å²) in [7, 11) is 1.53. The number of hydrogen-bond donors (Lipinski definition) is 2. The fraction of sp³-hybridized carbons (Fsp3) is 0.389. The number of carboxylic acids is 1. The van der Waals surface area contributed by atoms with Crippen LogP contribution < -0.4 is 5.32 Å². The summed E-state index contributed by atoms with van der Waals surface area (Å²) in [6, 6.07) is 2.33. The maximum Gasteiger partial charge on any atom is 0.326 e. The molecule has 3 unspecified atom stereocenters. The molecule has 6 nitrogen and oxygen atoms in total. The van der Waals surface area contributed by atoms with E-state index in [0.29, 0.717) is 12.0 Å². The predicted octanol–water partition coefficient (Wildman–Crippen LogP) is 2.53. The van der Waals surface area contributed by atoms with E-state index in [1.165, 1.54) is 24.1 Å². The maximum absolute atomic E-state index is 13.8. The van der Waals surface area contributed by atoms with E-state index in [0.717, 1.165) is 0 Å². The van der Waals surface area contributed by atoms with Crippen molar-refractivity contribution in [1.82, 2.24) is 10.2 Å². The smallest absolute Gasteiger partial charge is 0.326 e. The van der Waals surface area contributed by atoms with Crippen molar-refractivity contribution < 1.29 is 23.9 Å². The maximum atomic E-state index is 13.8. The molecule has 0 aromatic heterocycles. The van der Waals surface area contributed by atoms with Gasteiger partial charge in [0.2, 0.25) is 11.8 Å². The van der Waals surface area contributed by atoms with Crippen LogP contribution >= 0.6 is 11.6 Å². The van der Waals surface area contributed by atoms with E-state index in [1.807, 2.05) is 0 Å². The zero-order valence-electron chi connectivity index (χ0n) is 14.2. The fourth-order valence-electron chi connectivity index (χ4n) is 3.08. The van der Waals surface area contributed by atoms with E-state index in [2.05, 4.69) is 11.9 Å². The molecule has 0 bridgehead atoms. The molecule has 1 aliphatic heterocycles. The molecule has 8 heteroatoms. The molecule has 1 heterocycles. The van der Waals surface area contributed by atoms with Gasteiger partial charge in [0.15, 0.2) is 0 Å². The Hall–Kier alpha value is -2.41. The summed E-state index contributed by atoms with van der Waals surface area (Å²) in [5, 5.41) is 11.7. The molecule has 0 saturated carbocycles. The van der Waals surface area contributed by atoms with Gasteiger partial charge in [0, 0.05) is 13.5 Å². The molecule has 1 saturated heterocycles. The molecule has 0 aliphatic carbocycles. The number of nitrogens with zero attached hydrogens (tertiary/aromatic N) is 1. The summed E-state index contributed by atoms with van der Waals surface area (Å²) >= 11 is 5.70. The Morgan fingerprint density at radius 3 is 2.81 bits per heavy atom. The number of aliphatic carboxylic acids is 1. The third-order valence-electron chi connectivity index (χ3n) is 4.48. The van der Waals surface area contributed by atoms with Crippen molar-refractivity contribution in [3.63, 3.8) is 0 Å². The Morgan fingerprint density at radius 2 is 2.23 bits per heavy atom. The molecule has 0 spiro atoms. The summed E-state index contributed by atoms with van der Waals surface area (Å²) in [5.41, 5.74) is 0.429. The van der Waals surface area contributed by atoms with Gasteiger partial charge in [-0.1, -0.05) is 23.7 Å². The lowest BCUT2D eigenvalue weighted by atomic mass is 9.92. The second kappa shape index (κ2) is 8.31. The lowest BCUT2D eigenvalue weighted by Crippen LogP contribution is -2.44. The Kier molecular flexibility index (Phi) is 6.37. The first-order valence-electron chi connectivity index (χ1n) is 8.11. The number of likely N-dealkylation sites (tertiary alicyclic amines) is 1. The van der Waals surface area contributed by atoms with Crippen molar-refractivity contribution in [2.24, 2.45) is 5.92 Å². The number of carbonyl (C=O) groups is 3. The molecule has 2 rings (SSSR count). The molecular weight excluding hydrogens is 363 g/mol. The minimum Gasteiger partial charge on any atom is -0.480 e. The molecule has 1 aliphatic rings. The highest BCUT2D eigenvalue weighted by Gasteiger charge is 2.43. The number of carbonyl (C=O) groups excluding carboxylic acids is 2. The highest BCUT2D eigenvalue weighted by Crippen LogP contribution is 2.38. The number of rotatable bonds is 7. The van der Waals surface area contributed by atoms with Gasteiger partial charge in [-0.25, -0.2) is 9.18 Å². The number of carboxylic acid groups (broad SMARTS) is 1. The highest BCUT2D eigenvalue weighted by molar-refractivity contribution is 6.30. The molecule has 26 heavy (non-hydrogen) atoms. The van der Waals surface area contributed by atoms with Gasteiger partial charge < -0.3 is 15.3 Å². The SMILES string of the molecule is C=CCCC(NC(=O)C1CC(=O)N(C)C1c1ccc(Cl)c(F)c1)C(=O)O. The van der Waals surface area contributed by atoms with Crippen LogP contribution in [0.25, 0.3) is 0 Å². The topological polar surface area (TPSA) is 86.7 Å². The van der Waals surface area contributed by atoms with E-state index in [-0.39, 0.29) is 23.8 Å². The van der Waals surface area contributed by atoms with E-state index in [9.17, 15) is 23.9 Å². The van der Waals surface area contributed by atoms with Crippen LogP contribution in [0.3, 0.4) is 0 Å². The number of allylic oxidation sites excluding steroid dienone is 1. The summed E-state index contributed by atoms with van der Waals surface area (Å²) in [5.74, 6) is -3.46. The van der Waals surface area contributed by atoms with Gasteiger partial charge in [0.1, 0.15) is 11.9 Å². The van der Waals surface area contributed by atoms with Crippen molar-refractivity contribution in [3.8, 4) is 0 Å². The van der Waals surface area contributed by atoms with Crippen LogP contribution in [0.15, 0.2) is 30.9 Å². The average molecular weight is 383 g/mol. The lowest BCUT2D eigenvalue weighted by molar-refractivity contribution is -0.142. The van der Waals surface area contributed by atoms with Crippen LogP contribution in [0.4, 0.5) is 4.39 Å². The van der Waals surface area contributed by atoms with Crippen LogP contribution in [0.2, 0.25) is 5.02 Å². The van der Waals surface area contributed by atoms with Gasteiger partial charge in [-0.15, -0.1) is 6.58 Å². The molecule has 3 atom stereocenters. The lowest BCUT2D eigenvalue weighted by Gasteiger charge is -2.26. The van der Waals surface area contributed by atoms with Gasteiger partial charge in [-0.05, 0) is 30.5 Å². The Bertz CT molecular complexity index is 740. The molecule has 140 valence electrons. The van der Waals surface area contributed by atoms with Crippen LogP contribution in [-0.2, 0) is 14.4 Å². The molecule has 0 radical (unpaired) electrons. The van der Waals surface area contributed by atoms with Gasteiger partial charge in [-0.2, -0.15) is 0 Å². The number of halogens is 2. The average Bonchev–Trinajstić information content (AvgIpc) is 2.89. The molecule has 1 fully saturated rings. The second-order valence-corrected chi connectivity index (χ2v) is 6.61. The largest absolute Gasteiger partial charge is 0.480 e. The number of nitrogens with one attached hydrogen (secondary N) is 1. The highest BCUT2D eigenvalue weighted by atomic mass is 35.5. The van der Waals surface area contributed by atoms with E-state index >= 15 is 0 Å². The first-order chi connectivity index (χ1) is 12.3. The molecule has 1 aromatic rings. The normalized spacial score (nSPS) is 20.7. The van der Waals surface area contributed by atoms with E-state index < -0.39 is 35.7 Å². The number of amides is 2. The minimum absolute atomic E-state index is 0.0582. The standard InChI is InChI=1S/C18H20ClFN2O4/c1-3-4-5-14(18(25)26)21-17(24)11-9-15(23)22(2)16(11)10-6-7-12(19)13(20)8-10/h3,6-8,11,14,16H,1,4-5,9H2,2H3,(H,21,24)(H,25,26). The van der Waals surface area contributed by atoms with Gasteiger partial charge >= 0.3 is 5.97 Å². The van der Waals surface area contributed by atoms with E-state index in [1.54, 1.807) is 12.1 Å². The van der Waals surface area contributed by atoms with Crippen LogP contribution in [0.1, 0.15) is 30.9 Å². The zero-order valence-corrected chi connectivity index (χ0v) is 15.0. The van der Waals surface area contributed by atoms with Crippen molar-refractivity contribution in [3.05, 3.63) is 47.3 Å². The third-order valence-corrected chi connectivity index (χ3v) is 4.79. The summed E-state index contributed by atoms with van der Waals surface area (Å²) in [6.45, 7) is 3.53. The summed E-state index contributed by atoms with van der Waals surface area (Å²) in [6.07, 6.45) is 2.10. The molecule has 2 amide bonds. The first kappa shape index (κ1) is 19.9. The second-order valence-electron chi connectivity index (χ2n) is 6.20. The third kappa shape index (κ3) is 4.22. The van der Waals surface area contributed by atoms with E-state index in [4.69, 9.17) is 11.6 Å².